The molecule has 3 atom stereocenters. The summed E-state index contributed by atoms with van der Waals surface area (Å²) in [5.41, 5.74) is 8.92. The van der Waals surface area contributed by atoms with Crippen molar-refractivity contribution < 1.29 is 13.9 Å². The second-order valence-corrected chi connectivity index (χ2v) is 4.65. The number of aryl methyl sites for hydroxylation is 1. The first-order valence-electron chi connectivity index (χ1n) is 5.45. The Balaban J connectivity index is 2.25. The highest BCUT2D eigenvalue weighted by Crippen LogP contribution is 2.36. The van der Waals surface area contributed by atoms with Gasteiger partial charge < -0.3 is 9.15 Å². The van der Waals surface area contributed by atoms with Crippen molar-refractivity contribution in [2.24, 2.45) is 5.11 Å². The molecule has 0 amide bonds. The minimum atomic E-state index is -0.494. The zero-order valence-electron chi connectivity index (χ0n) is 9.96. The van der Waals surface area contributed by atoms with Gasteiger partial charge in [0.2, 0.25) is 0 Å². The first-order chi connectivity index (χ1) is 8.54. The average molecular weight is 270 g/mol. The van der Waals surface area contributed by atoms with Gasteiger partial charge in [-0.3, -0.25) is 4.79 Å². The number of halogens is 1. The second-order valence-electron chi connectivity index (χ2n) is 4.15. The predicted octanol–water partition coefficient (Wildman–Crippen LogP) is 3.15. The molecule has 0 spiro atoms. The number of rotatable bonds is 3. The van der Waals surface area contributed by atoms with Gasteiger partial charge in [-0.15, -0.1) is 11.6 Å². The van der Waals surface area contributed by atoms with Gasteiger partial charge in [0.25, 0.3) is 0 Å². The van der Waals surface area contributed by atoms with Gasteiger partial charge in [0.15, 0.2) is 5.78 Å². The maximum absolute atomic E-state index is 11.3. The molecule has 7 heteroatoms. The maximum Gasteiger partial charge on any atom is 0.163 e. The first-order valence-corrected chi connectivity index (χ1v) is 5.89. The Morgan fingerprint density at radius 1 is 1.67 bits per heavy atom. The van der Waals surface area contributed by atoms with Crippen molar-refractivity contribution in [1.82, 2.24) is 0 Å². The van der Waals surface area contributed by atoms with Crippen LogP contribution < -0.4 is 0 Å². The van der Waals surface area contributed by atoms with Crippen molar-refractivity contribution in [2.45, 2.75) is 31.4 Å². The van der Waals surface area contributed by atoms with Crippen molar-refractivity contribution in [3.63, 3.8) is 0 Å². The molecule has 0 aromatic carbocycles. The molecule has 1 aromatic rings. The van der Waals surface area contributed by atoms with Gasteiger partial charge in [-0.2, -0.15) is 0 Å². The summed E-state index contributed by atoms with van der Waals surface area (Å²) in [6.07, 6.45) is -0.492. The number of hydrogen-bond acceptors (Lipinski definition) is 4. The van der Waals surface area contributed by atoms with Crippen molar-refractivity contribution in [3.05, 3.63) is 33.6 Å². The number of carbonyl (C=O) groups excluding carboxylic acids is 1. The quantitative estimate of drug-likeness (QED) is 0.278. The van der Waals surface area contributed by atoms with Crippen LogP contribution in [0.5, 0.6) is 0 Å². The summed E-state index contributed by atoms with van der Waals surface area (Å²) in [6, 6.07) is 1.21. The van der Waals surface area contributed by atoms with Crippen molar-refractivity contribution >= 4 is 17.4 Å². The first kappa shape index (κ1) is 13.0. The van der Waals surface area contributed by atoms with Gasteiger partial charge in [0.05, 0.1) is 23.6 Å². The minimum absolute atomic E-state index is 0.0711. The van der Waals surface area contributed by atoms with Crippen LogP contribution in [0, 0.1) is 6.92 Å². The fourth-order valence-corrected chi connectivity index (χ4v) is 2.31. The molecule has 0 saturated carbocycles. The molecule has 1 fully saturated rings. The number of alkyl halides is 1. The fraction of sp³-hybridized carbons (Fsp3) is 0.545. The third kappa shape index (κ3) is 2.22. The minimum Gasteiger partial charge on any atom is -0.463 e. The van der Waals surface area contributed by atoms with Gasteiger partial charge in [0.1, 0.15) is 17.6 Å². The largest absolute Gasteiger partial charge is 0.463 e. The highest BCUT2D eigenvalue weighted by atomic mass is 35.5. The molecule has 0 N–H and O–H groups in total. The standard InChI is InChI=1S/C11H12ClN3O3/c1-5(16)7-3-9(18-6(7)2)11-10(12)8(4-17-11)14-15-13/h3,8,10-11H,4H2,1-2H3/t8-,10-,11+/m0/s1. The Morgan fingerprint density at radius 2 is 2.39 bits per heavy atom. The summed E-state index contributed by atoms with van der Waals surface area (Å²) in [6.45, 7) is 3.43. The number of nitrogens with zero attached hydrogens (tertiary/aromatic N) is 3. The van der Waals surface area contributed by atoms with E-state index in [0.29, 0.717) is 17.1 Å². The normalized spacial score (nSPS) is 26.9. The van der Waals surface area contributed by atoms with Crippen molar-refractivity contribution in [1.29, 1.82) is 0 Å². The van der Waals surface area contributed by atoms with E-state index in [2.05, 4.69) is 10.0 Å². The van der Waals surface area contributed by atoms with Crippen LogP contribution in [-0.2, 0) is 4.74 Å². The van der Waals surface area contributed by atoms with Crippen LogP contribution in [0.1, 0.15) is 34.9 Å². The van der Waals surface area contributed by atoms with Crippen molar-refractivity contribution in [2.75, 3.05) is 6.61 Å². The van der Waals surface area contributed by atoms with E-state index >= 15 is 0 Å². The van der Waals surface area contributed by atoms with E-state index in [9.17, 15) is 4.79 Å². The lowest BCUT2D eigenvalue weighted by Gasteiger charge is -2.10. The molecular weight excluding hydrogens is 258 g/mol. The maximum atomic E-state index is 11.3. The molecule has 0 unspecified atom stereocenters. The summed E-state index contributed by atoms with van der Waals surface area (Å²) in [7, 11) is 0. The summed E-state index contributed by atoms with van der Waals surface area (Å²) in [5, 5.41) is 3.07. The lowest BCUT2D eigenvalue weighted by molar-refractivity contribution is 0.0930. The summed E-state index contributed by atoms with van der Waals surface area (Å²) in [4.78, 5) is 14.1. The number of carbonyl (C=O) groups is 1. The molecule has 2 heterocycles. The van der Waals surface area contributed by atoms with E-state index in [1.807, 2.05) is 0 Å². The van der Waals surface area contributed by atoms with E-state index < -0.39 is 17.5 Å². The molecule has 0 bridgehead atoms. The SMILES string of the molecule is CC(=O)c1cc([C@H]2OC[C@H](N=[N+]=[N-])[C@@H]2Cl)oc1C. The van der Waals surface area contributed by atoms with Crippen LogP contribution in [0.2, 0.25) is 0 Å². The van der Waals surface area contributed by atoms with Crippen LogP contribution in [0.15, 0.2) is 15.6 Å². The Labute approximate surface area is 108 Å². The van der Waals surface area contributed by atoms with E-state index in [4.69, 9.17) is 26.3 Å². The highest BCUT2D eigenvalue weighted by Gasteiger charge is 2.38. The molecule has 6 nitrogen and oxygen atoms in total. The van der Waals surface area contributed by atoms with Crippen LogP contribution in [0.3, 0.4) is 0 Å². The number of azide groups is 1. The van der Waals surface area contributed by atoms with E-state index in [-0.39, 0.29) is 12.4 Å². The van der Waals surface area contributed by atoms with Crippen LogP contribution >= 0.6 is 11.6 Å². The Hall–Kier alpha value is -1.49. The second kappa shape index (κ2) is 5.02. The van der Waals surface area contributed by atoms with Crippen LogP contribution in [-0.4, -0.2) is 23.8 Å². The Kier molecular flexibility index (Phi) is 3.61. The van der Waals surface area contributed by atoms with Crippen molar-refractivity contribution in [3.8, 4) is 0 Å². The zero-order chi connectivity index (χ0) is 13.3. The topological polar surface area (TPSA) is 88.2 Å². The van der Waals surface area contributed by atoms with Gasteiger partial charge in [-0.1, -0.05) is 5.11 Å². The van der Waals surface area contributed by atoms with E-state index in [0.717, 1.165) is 0 Å². The lowest BCUT2D eigenvalue weighted by Crippen LogP contribution is -2.17. The molecule has 1 aliphatic rings. The number of ether oxygens (including phenoxy) is 1. The molecule has 1 saturated heterocycles. The molecule has 18 heavy (non-hydrogen) atoms. The summed E-state index contributed by atoms with van der Waals surface area (Å²) in [5.74, 6) is 0.962. The van der Waals surface area contributed by atoms with Gasteiger partial charge >= 0.3 is 0 Å². The number of furan rings is 1. The van der Waals surface area contributed by atoms with Gasteiger partial charge in [-0.25, -0.2) is 0 Å². The molecular formula is C11H12ClN3O3. The zero-order valence-corrected chi connectivity index (χ0v) is 10.7. The number of Topliss-reactive ketones (excluding diaryl/α,β-unsaturated/α-hetero) is 1. The molecule has 1 aromatic heterocycles. The molecule has 0 radical (unpaired) electrons. The Morgan fingerprint density at radius 3 is 2.94 bits per heavy atom. The molecule has 96 valence electrons. The smallest absolute Gasteiger partial charge is 0.163 e. The van der Waals surface area contributed by atoms with Crippen LogP contribution in [0.4, 0.5) is 0 Å². The summed E-state index contributed by atoms with van der Waals surface area (Å²) < 4.78 is 11.0. The molecule has 1 aliphatic heterocycles. The van der Waals surface area contributed by atoms with Gasteiger partial charge in [-0.05, 0) is 25.4 Å². The van der Waals surface area contributed by atoms with E-state index in [1.165, 1.54) is 6.92 Å². The van der Waals surface area contributed by atoms with Gasteiger partial charge in [0, 0.05) is 4.91 Å². The molecule has 0 aliphatic carbocycles. The summed E-state index contributed by atoms with van der Waals surface area (Å²) >= 11 is 6.16. The Bertz CT molecular complexity index is 522. The van der Waals surface area contributed by atoms with E-state index in [1.54, 1.807) is 13.0 Å². The third-order valence-electron chi connectivity index (χ3n) is 2.90. The number of hydrogen-bond donors (Lipinski definition) is 0. The van der Waals surface area contributed by atoms with Crippen LogP contribution in [0.25, 0.3) is 10.4 Å². The molecule has 2 rings (SSSR count). The number of ketones is 1. The predicted molar refractivity (Wildman–Crippen MR) is 64.7 cm³/mol. The third-order valence-corrected chi connectivity index (χ3v) is 3.42. The highest BCUT2D eigenvalue weighted by molar-refractivity contribution is 6.21. The lowest BCUT2D eigenvalue weighted by atomic mass is 10.1. The monoisotopic (exact) mass is 269 g/mol. The average Bonchev–Trinajstić information content (AvgIpc) is 2.84. The fourth-order valence-electron chi connectivity index (χ4n) is 1.99.